The van der Waals surface area contributed by atoms with Gasteiger partial charge < -0.3 is 9.64 Å². The summed E-state index contributed by atoms with van der Waals surface area (Å²) in [7, 11) is -3.41. The molecule has 1 aliphatic rings. The van der Waals surface area contributed by atoms with Crippen LogP contribution in [-0.4, -0.2) is 41.0 Å². The van der Waals surface area contributed by atoms with E-state index in [4.69, 9.17) is 10.3 Å². The number of anilines is 1. The molecule has 0 saturated carbocycles. The molecule has 1 saturated heterocycles. The highest BCUT2D eigenvalue weighted by Crippen LogP contribution is 2.30. The van der Waals surface area contributed by atoms with Gasteiger partial charge in [0.05, 0.1) is 23.8 Å². The average molecular weight is 282 g/mol. The molecule has 0 radical (unpaired) electrons. The molecule has 8 heteroatoms. The predicted molar refractivity (Wildman–Crippen MR) is 71.4 cm³/mol. The zero-order valence-electron chi connectivity index (χ0n) is 10.5. The molecule has 0 bridgehead atoms. The van der Waals surface area contributed by atoms with Gasteiger partial charge in [0.2, 0.25) is 0 Å². The van der Waals surface area contributed by atoms with Crippen LogP contribution in [0.2, 0.25) is 0 Å². The van der Waals surface area contributed by atoms with Crippen LogP contribution in [0.4, 0.5) is 11.4 Å². The molecule has 102 valence electrons. The maximum absolute atomic E-state index is 11.6. The molecule has 0 aliphatic carbocycles. The second-order valence-corrected chi connectivity index (χ2v) is 6.20. The molecular weight excluding hydrogens is 268 g/mol. The van der Waals surface area contributed by atoms with Crippen molar-refractivity contribution >= 4 is 21.2 Å². The summed E-state index contributed by atoms with van der Waals surface area (Å²) in [6, 6.07) is 4.80. The molecular formula is C11H14N4O3S. The standard InChI is InChI=1S/C11H14N4O3S/c1-19(16,17)11-3-2-9(8-10(11)13-14-12)15-4-6-18-7-5-15/h2-3,8H,4-7H2,1H3. The molecule has 0 atom stereocenters. The lowest BCUT2D eigenvalue weighted by atomic mass is 10.2. The van der Waals surface area contributed by atoms with E-state index in [2.05, 4.69) is 14.9 Å². The Balaban J connectivity index is 2.44. The van der Waals surface area contributed by atoms with Gasteiger partial charge in [-0.05, 0) is 23.7 Å². The van der Waals surface area contributed by atoms with Gasteiger partial charge in [0.1, 0.15) is 0 Å². The largest absolute Gasteiger partial charge is 0.378 e. The molecule has 0 aromatic heterocycles. The van der Waals surface area contributed by atoms with Crippen LogP contribution in [0, 0.1) is 0 Å². The summed E-state index contributed by atoms with van der Waals surface area (Å²) in [5, 5.41) is 3.47. The quantitative estimate of drug-likeness (QED) is 0.480. The van der Waals surface area contributed by atoms with Gasteiger partial charge in [-0.1, -0.05) is 5.11 Å². The van der Waals surface area contributed by atoms with Crippen molar-refractivity contribution in [1.82, 2.24) is 0 Å². The summed E-state index contributed by atoms with van der Waals surface area (Å²) in [6.07, 6.45) is 1.09. The number of rotatable bonds is 3. The molecule has 1 aliphatic heterocycles. The molecule has 0 spiro atoms. The first-order chi connectivity index (χ1) is 9.02. The zero-order valence-corrected chi connectivity index (χ0v) is 11.3. The van der Waals surface area contributed by atoms with E-state index < -0.39 is 9.84 Å². The number of azide groups is 1. The van der Waals surface area contributed by atoms with Crippen LogP contribution < -0.4 is 4.90 Å². The number of benzene rings is 1. The molecule has 1 heterocycles. The molecule has 1 aromatic carbocycles. The lowest BCUT2D eigenvalue weighted by molar-refractivity contribution is 0.122. The Bertz CT molecular complexity index is 617. The number of sulfone groups is 1. The van der Waals surface area contributed by atoms with Crippen molar-refractivity contribution in [1.29, 1.82) is 0 Å². The lowest BCUT2D eigenvalue weighted by Gasteiger charge is -2.29. The SMILES string of the molecule is CS(=O)(=O)c1ccc(N2CCOCC2)cc1N=[N+]=[N-]. The minimum Gasteiger partial charge on any atom is -0.378 e. The van der Waals surface area contributed by atoms with Crippen LogP contribution in [0.15, 0.2) is 28.2 Å². The number of hydrogen-bond donors (Lipinski definition) is 0. The van der Waals surface area contributed by atoms with E-state index >= 15 is 0 Å². The van der Waals surface area contributed by atoms with Crippen LogP contribution >= 0.6 is 0 Å². The molecule has 7 nitrogen and oxygen atoms in total. The van der Waals surface area contributed by atoms with Gasteiger partial charge in [0.15, 0.2) is 9.84 Å². The Hall–Kier alpha value is -1.76. The van der Waals surface area contributed by atoms with Crippen LogP contribution in [-0.2, 0) is 14.6 Å². The van der Waals surface area contributed by atoms with E-state index in [1.807, 2.05) is 0 Å². The maximum Gasteiger partial charge on any atom is 0.175 e. The molecule has 1 aromatic rings. The lowest BCUT2D eigenvalue weighted by Crippen LogP contribution is -2.36. The Morgan fingerprint density at radius 2 is 2.05 bits per heavy atom. The van der Waals surface area contributed by atoms with Crippen molar-refractivity contribution in [2.45, 2.75) is 4.90 Å². The molecule has 19 heavy (non-hydrogen) atoms. The minimum absolute atomic E-state index is 0.0438. The van der Waals surface area contributed by atoms with Crippen molar-refractivity contribution in [2.75, 3.05) is 37.5 Å². The smallest absolute Gasteiger partial charge is 0.175 e. The molecule has 1 fully saturated rings. The number of ether oxygens (including phenoxy) is 1. The zero-order chi connectivity index (χ0) is 13.9. The van der Waals surface area contributed by atoms with Crippen LogP contribution in [0.5, 0.6) is 0 Å². The first-order valence-electron chi connectivity index (χ1n) is 5.74. The second-order valence-electron chi connectivity index (χ2n) is 4.21. The van der Waals surface area contributed by atoms with E-state index in [0.29, 0.717) is 13.2 Å². The Labute approximate surface area is 111 Å². The third kappa shape index (κ3) is 3.17. The van der Waals surface area contributed by atoms with E-state index in [1.54, 1.807) is 12.1 Å². The molecule has 0 amide bonds. The molecule has 0 unspecified atom stereocenters. The van der Waals surface area contributed by atoms with Crippen molar-refractivity contribution in [3.05, 3.63) is 28.6 Å². The van der Waals surface area contributed by atoms with Crippen LogP contribution in [0.1, 0.15) is 0 Å². The fraction of sp³-hybridized carbons (Fsp3) is 0.455. The maximum atomic E-state index is 11.6. The topological polar surface area (TPSA) is 95.4 Å². The van der Waals surface area contributed by atoms with Gasteiger partial charge in [-0.25, -0.2) is 8.42 Å². The monoisotopic (exact) mass is 282 g/mol. The Morgan fingerprint density at radius 3 is 2.63 bits per heavy atom. The Kier molecular flexibility index (Phi) is 3.94. The summed E-state index contributed by atoms with van der Waals surface area (Å²) in [5.41, 5.74) is 9.51. The summed E-state index contributed by atoms with van der Waals surface area (Å²) in [4.78, 5) is 4.79. The number of hydrogen-bond acceptors (Lipinski definition) is 5. The first-order valence-corrected chi connectivity index (χ1v) is 7.63. The van der Waals surface area contributed by atoms with Gasteiger partial charge >= 0.3 is 0 Å². The fourth-order valence-electron chi connectivity index (χ4n) is 1.96. The minimum atomic E-state index is -3.41. The first kappa shape index (κ1) is 13.7. The average Bonchev–Trinajstić information content (AvgIpc) is 2.39. The van der Waals surface area contributed by atoms with Gasteiger partial charge in [-0.15, -0.1) is 0 Å². The van der Waals surface area contributed by atoms with Crippen LogP contribution in [0.3, 0.4) is 0 Å². The summed E-state index contributed by atoms with van der Waals surface area (Å²) < 4.78 is 28.5. The van der Waals surface area contributed by atoms with Gasteiger partial charge in [0, 0.05) is 29.9 Å². The highest BCUT2D eigenvalue weighted by Gasteiger charge is 2.16. The van der Waals surface area contributed by atoms with Gasteiger partial charge in [-0.2, -0.15) is 0 Å². The molecule has 0 N–H and O–H groups in total. The summed E-state index contributed by atoms with van der Waals surface area (Å²) in [6.45, 7) is 2.72. The van der Waals surface area contributed by atoms with Crippen molar-refractivity contribution < 1.29 is 13.2 Å². The number of nitrogens with zero attached hydrogens (tertiary/aromatic N) is 4. The van der Waals surface area contributed by atoms with Gasteiger partial charge in [-0.3, -0.25) is 0 Å². The van der Waals surface area contributed by atoms with E-state index in [0.717, 1.165) is 25.0 Å². The second kappa shape index (κ2) is 5.48. The van der Waals surface area contributed by atoms with E-state index in [-0.39, 0.29) is 10.6 Å². The highest BCUT2D eigenvalue weighted by molar-refractivity contribution is 7.90. The highest BCUT2D eigenvalue weighted by atomic mass is 32.2. The fourth-order valence-corrected chi connectivity index (χ4v) is 2.76. The number of morpholine rings is 1. The Morgan fingerprint density at radius 1 is 1.37 bits per heavy atom. The van der Waals surface area contributed by atoms with Crippen molar-refractivity contribution in [2.24, 2.45) is 5.11 Å². The normalized spacial score (nSPS) is 15.9. The van der Waals surface area contributed by atoms with Crippen molar-refractivity contribution in [3.63, 3.8) is 0 Å². The van der Waals surface area contributed by atoms with Gasteiger partial charge in [0.25, 0.3) is 0 Å². The summed E-state index contributed by atoms with van der Waals surface area (Å²) in [5.74, 6) is 0. The third-order valence-corrected chi connectivity index (χ3v) is 4.01. The van der Waals surface area contributed by atoms with E-state index in [1.165, 1.54) is 6.07 Å². The van der Waals surface area contributed by atoms with Crippen molar-refractivity contribution in [3.8, 4) is 0 Å². The third-order valence-electron chi connectivity index (χ3n) is 2.87. The van der Waals surface area contributed by atoms with E-state index in [9.17, 15) is 8.42 Å². The molecule has 2 rings (SSSR count). The summed E-state index contributed by atoms with van der Waals surface area (Å²) >= 11 is 0. The predicted octanol–water partition coefficient (Wildman–Crippen LogP) is 1.87. The van der Waals surface area contributed by atoms with Crippen LogP contribution in [0.25, 0.3) is 10.4 Å².